The predicted molar refractivity (Wildman–Crippen MR) is 67.5 cm³/mol. The maximum absolute atomic E-state index is 11.7. The normalized spacial score (nSPS) is 18.8. The molecule has 1 fully saturated rings. The van der Waals surface area contributed by atoms with E-state index in [1.165, 1.54) is 12.1 Å². The van der Waals surface area contributed by atoms with Crippen molar-refractivity contribution in [1.82, 2.24) is 10.6 Å². The van der Waals surface area contributed by atoms with E-state index in [1.807, 2.05) is 0 Å². The number of phenols is 2. The lowest BCUT2D eigenvalue weighted by Crippen LogP contribution is -2.41. The molecule has 1 aromatic rings. The molecule has 2 rings (SSSR count). The van der Waals surface area contributed by atoms with Gasteiger partial charge in [0.25, 0.3) is 0 Å². The molecule has 0 spiro atoms. The number of carbonyl (C=O) groups is 1. The second kappa shape index (κ2) is 5.73. The predicted octanol–water partition coefficient (Wildman–Crippen LogP) is 0.508. The summed E-state index contributed by atoms with van der Waals surface area (Å²) >= 11 is 0. The van der Waals surface area contributed by atoms with Gasteiger partial charge in [-0.05, 0) is 43.5 Å². The Labute approximate surface area is 106 Å². The standard InChI is InChI=1S/C13H18N2O3/c16-11-4-3-9(8-12(11)17)5-7-15-13(18)10-2-1-6-14-10/h3-4,8,10,14,16-17H,1-2,5-7H2,(H,15,18). The van der Waals surface area contributed by atoms with Gasteiger partial charge in [-0.1, -0.05) is 6.07 Å². The molecule has 1 saturated heterocycles. The Morgan fingerprint density at radius 1 is 1.39 bits per heavy atom. The highest BCUT2D eigenvalue weighted by Crippen LogP contribution is 2.24. The van der Waals surface area contributed by atoms with E-state index >= 15 is 0 Å². The van der Waals surface area contributed by atoms with Gasteiger partial charge in [0.15, 0.2) is 11.5 Å². The number of nitrogens with one attached hydrogen (secondary N) is 2. The molecule has 1 unspecified atom stereocenters. The summed E-state index contributed by atoms with van der Waals surface area (Å²) in [6.07, 6.45) is 2.57. The van der Waals surface area contributed by atoms with Crippen LogP contribution >= 0.6 is 0 Å². The van der Waals surface area contributed by atoms with Crippen LogP contribution in [0.3, 0.4) is 0 Å². The first kappa shape index (κ1) is 12.7. The first-order valence-corrected chi connectivity index (χ1v) is 6.19. The van der Waals surface area contributed by atoms with Gasteiger partial charge < -0.3 is 20.8 Å². The summed E-state index contributed by atoms with van der Waals surface area (Å²) in [4.78, 5) is 11.7. The molecule has 1 aliphatic rings. The van der Waals surface area contributed by atoms with E-state index in [-0.39, 0.29) is 23.4 Å². The number of rotatable bonds is 4. The molecule has 5 heteroatoms. The van der Waals surface area contributed by atoms with Crippen LogP contribution in [0.25, 0.3) is 0 Å². The molecule has 1 amide bonds. The first-order valence-electron chi connectivity index (χ1n) is 6.19. The average molecular weight is 250 g/mol. The van der Waals surface area contributed by atoms with Crippen molar-refractivity contribution in [3.8, 4) is 11.5 Å². The van der Waals surface area contributed by atoms with Crippen LogP contribution < -0.4 is 10.6 Å². The van der Waals surface area contributed by atoms with Gasteiger partial charge in [-0.2, -0.15) is 0 Å². The zero-order valence-electron chi connectivity index (χ0n) is 10.1. The number of hydrogen-bond acceptors (Lipinski definition) is 4. The van der Waals surface area contributed by atoms with Crippen LogP contribution in [-0.4, -0.2) is 35.3 Å². The van der Waals surface area contributed by atoms with Gasteiger partial charge >= 0.3 is 0 Å². The summed E-state index contributed by atoms with van der Waals surface area (Å²) in [5.74, 6) is -0.218. The van der Waals surface area contributed by atoms with Crippen LogP contribution in [-0.2, 0) is 11.2 Å². The molecule has 1 heterocycles. The third-order valence-corrected chi connectivity index (χ3v) is 3.13. The first-order chi connectivity index (χ1) is 8.66. The lowest BCUT2D eigenvalue weighted by Gasteiger charge is -2.11. The molecular weight excluding hydrogens is 232 g/mol. The molecule has 0 aliphatic carbocycles. The smallest absolute Gasteiger partial charge is 0.237 e. The number of aromatic hydroxyl groups is 2. The Morgan fingerprint density at radius 3 is 2.89 bits per heavy atom. The van der Waals surface area contributed by atoms with E-state index in [9.17, 15) is 15.0 Å². The molecule has 0 saturated carbocycles. The molecule has 5 nitrogen and oxygen atoms in total. The Morgan fingerprint density at radius 2 is 2.22 bits per heavy atom. The summed E-state index contributed by atoms with van der Waals surface area (Å²) < 4.78 is 0. The molecular formula is C13H18N2O3. The van der Waals surface area contributed by atoms with Gasteiger partial charge in [0.05, 0.1) is 6.04 Å². The molecule has 0 bridgehead atoms. The van der Waals surface area contributed by atoms with E-state index in [4.69, 9.17) is 0 Å². The van der Waals surface area contributed by atoms with Gasteiger partial charge in [-0.3, -0.25) is 4.79 Å². The van der Waals surface area contributed by atoms with Crippen LogP contribution in [0.5, 0.6) is 11.5 Å². The summed E-state index contributed by atoms with van der Waals surface area (Å²) in [6, 6.07) is 4.63. The number of benzene rings is 1. The topological polar surface area (TPSA) is 81.6 Å². The average Bonchev–Trinajstić information content (AvgIpc) is 2.87. The van der Waals surface area contributed by atoms with Crippen molar-refractivity contribution in [3.63, 3.8) is 0 Å². The highest BCUT2D eigenvalue weighted by Gasteiger charge is 2.21. The Bertz CT molecular complexity index is 428. The Balaban J connectivity index is 1.77. The number of phenolic OH excluding ortho intramolecular Hbond substituents is 2. The van der Waals surface area contributed by atoms with Crippen LogP contribution in [0, 0.1) is 0 Å². The molecule has 0 aromatic heterocycles. The van der Waals surface area contributed by atoms with Crippen molar-refractivity contribution in [2.45, 2.75) is 25.3 Å². The van der Waals surface area contributed by atoms with Crippen molar-refractivity contribution in [2.75, 3.05) is 13.1 Å². The number of carbonyl (C=O) groups excluding carboxylic acids is 1. The molecule has 1 atom stereocenters. The zero-order valence-corrected chi connectivity index (χ0v) is 10.1. The quantitative estimate of drug-likeness (QED) is 0.587. The van der Waals surface area contributed by atoms with Gasteiger partial charge in [0, 0.05) is 6.54 Å². The molecule has 1 aliphatic heterocycles. The molecule has 0 radical (unpaired) electrons. The van der Waals surface area contributed by atoms with E-state index in [1.54, 1.807) is 6.07 Å². The van der Waals surface area contributed by atoms with E-state index < -0.39 is 0 Å². The summed E-state index contributed by atoms with van der Waals surface area (Å²) in [6.45, 7) is 1.44. The fourth-order valence-electron chi connectivity index (χ4n) is 2.09. The second-order valence-electron chi connectivity index (χ2n) is 4.51. The molecule has 4 N–H and O–H groups in total. The maximum atomic E-state index is 11.7. The fourth-order valence-corrected chi connectivity index (χ4v) is 2.09. The maximum Gasteiger partial charge on any atom is 0.237 e. The highest BCUT2D eigenvalue weighted by molar-refractivity contribution is 5.81. The lowest BCUT2D eigenvalue weighted by atomic mass is 10.1. The minimum Gasteiger partial charge on any atom is -0.504 e. The zero-order chi connectivity index (χ0) is 13.0. The van der Waals surface area contributed by atoms with Crippen molar-refractivity contribution < 1.29 is 15.0 Å². The Kier molecular flexibility index (Phi) is 4.04. The van der Waals surface area contributed by atoms with Crippen molar-refractivity contribution in [1.29, 1.82) is 0 Å². The minimum absolute atomic E-state index is 0.0375. The van der Waals surface area contributed by atoms with Gasteiger partial charge in [0.1, 0.15) is 0 Å². The second-order valence-corrected chi connectivity index (χ2v) is 4.51. The monoisotopic (exact) mass is 250 g/mol. The van der Waals surface area contributed by atoms with Gasteiger partial charge in [-0.15, -0.1) is 0 Å². The molecule has 98 valence electrons. The van der Waals surface area contributed by atoms with Crippen LogP contribution in [0.4, 0.5) is 0 Å². The van der Waals surface area contributed by atoms with Crippen molar-refractivity contribution in [2.24, 2.45) is 0 Å². The van der Waals surface area contributed by atoms with Crippen LogP contribution in [0.15, 0.2) is 18.2 Å². The number of hydrogen-bond donors (Lipinski definition) is 4. The fraction of sp³-hybridized carbons (Fsp3) is 0.462. The third kappa shape index (κ3) is 3.13. The molecule has 1 aromatic carbocycles. The van der Waals surface area contributed by atoms with E-state index in [0.29, 0.717) is 13.0 Å². The van der Waals surface area contributed by atoms with Crippen molar-refractivity contribution in [3.05, 3.63) is 23.8 Å². The van der Waals surface area contributed by atoms with Crippen LogP contribution in [0.2, 0.25) is 0 Å². The van der Waals surface area contributed by atoms with E-state index in [2.05, 4.69) is 10.6 Å². The van der Waals surface area contributed by atoms with E-state index in [0.717, 1.165) is 24.9 Å². The lowest BCUT2D eigenvalue weighted by molar-refractivity contribution is -0.122. The summed E-state index contributed by atoms with van der Waals surface area (Å²) in [7, 11) is 0. The van der Waals surface area contributed by atoms with Gasteiger partial charge in [-0.25, -0.2) is 0 Å². The summed E-state index contributed by atoms with van der Waals surface area (Å²) in [5, 5.41) is 24.5. The molecule has 18 heavy (non-hydrogen) atoms. The van der Waals surface area contributed by atoms with Crippen molar-refractivity contribution >= 4 is 5.91 Å². The minimum atomic E-state index is -0.128. The van der Waals surface area contributed by atoms with Gasteiger partial charge in [0.2, 0.25) is 5.91 Å². The SMILES string of the molecule is O=C(NCCc1ccc(O)c(O)c1)C1CCCN1. The third-order valence-electron chi connectivity index (χ3n) is 3.13. The van der Waals surface area contributed by atoms with Crippen LogP contribution in [0.1, 0.15) is 18.4 Å². The highest BCUT2D eigenvalue weighted by atomic mass is 16.3. The Hall–Kier alpha value is -1.75. The largest absolute Gasteiger partial charge is 0.504 e. The number of amides is 1. The summed E-state index contributed by atoms with van der Waals surface area (Å²) in [5.41, 5.74) is 0.880.